The minimum Gasteiger partial charge on any atom is -0.460 e. The van der Waals surface area contributed by atoms with E-state index in [1.165, 1.54) is 12.5 Å². The van der Waals surface area contributed by atoms with Crippen molar-refractivity contribution in [2.24, 2.45) is 0 Å². The lowest BCUT2D eigenvalue weighted by atomic mass is 9.98. The van der Waals surface area contributed by atoms with Gasteiger partial charge in [-0.3, -0.25) is 9.59 Å². The minimum absolute atomic E-state index is 0.0598. The molecule has 7 nitrogen and oxygen atoms in total. The van der Waals surface area contributed by atoms with Crippen LogP contribution in [0.15, 0.2) is 55.1 Å². The number of ether oxygens (including phenoxy) is 2. The maximum absolute atomic E-state index is 12.8. The number of rotatable bonds is 8. The first-order valence-corrected chi connectivity index (χ1v) is 12.1. The molecule has 2 amide bonds. The summed E-state index contributed by atoms with van der Waals surface area (Å²) in [5, 5.41) is 7.13. The lowest BCUT2D eigenvalue weighted by Gasteiger charge is -2.23. The highest BCUT2D eigenvalue weighted by atomic mass is 16.6. The average molecular weight is 487 g/mol. The molecule has 2 aromatic rings. The molecule has 0 spiro atoms. The largest absolute Gasteiger partial charge is 0.460 e. The monoisotopic (exact) mass is 486 g/mol. The second-order valence-corrected chi connectivity index (χ2v) is 8.44. The first kappa shape index (κ1) is 31.6. The molecule has 0 aliphatic rings. The van der Waals surface area contributed by atoms with Crippen molar-refractivity contribution < 1.29 is 23.9 Å². The molecule has 0 saturated heterocycles. The molecule has 0 aliphatic carbocycles. The van der Waals surface area contributed by atoms with Crippen LogP contribution in [0.2, 0.25) is 0 Å². The number of alkyl carbamates (subject to hydrolysis) is 1. The molecule has 194 valence electrons. The van der Waals surface area contributed by atoms with Gasteiger partial charge in [0.15, 0.2) is 0 Å². The van der Waals surface area contributed by atoms with Gasteiger partial charge in [-0.15, -0.1) is 0 Å². The van der Waals surface area contributed by atoms with E-state index in [4.69, 9.17) is 9.47 Å². The van der Waals surface area contributed by atoms with E-state index in [-0.39, 0.29) is 19.6 Å². The van der Waals surface area contributed by atoms with Crippen LogP contribution in [0.4, 0.5) is 4.79 Å². The molecule has 7 heteroatoms. The van der Waals surface area contributed by atoms with Crippen LogP contribution < -0.4 is 10.6 Å². The van der Waals surface area contributed by atoms with Crippen molar-refractivity contribution in [3.8, 4) is 0 Å². The number of nitrogens with one attached hydrogen (secondary N) is 2. The summed E-state index contributed by atoms with van der Waals surface area (Å²) in [7, 11) is 0. The lowest BCUT2D eigenvalue weighted by molar-refractivity contribution is -0.142. The number of hydrogen-bond acceptors (Lipinski definition) is 5. The number of hydrogen-bond donors (Lipinski definition) is 2. The second-order valence-electron chi connectivity index (χ2n) is 8.44. The summed E-state index contributed by atoms with van der Waals surface area (Å²) in [5.74, 6) is -1.10. The highest BCUT2D eigenvalue weighted by Gasteiger charge is 2.25. The van der Waals surface area contributed by atoms with Gasteiger partial charge in [-0.05, 0) is 37.1 Å². The number of carbonyl (C=O) groups is 3. The Morgan fingerprint density at radius 3 is 2.23 bits per heavy atom. The van der Waals surface area contributed by atoms with Gasteiger partial charge in [0, 0.05) is 6.42 Å². The number of benzene rings is 2. The van der Waals surface area contributed by atoms with E-state index < -0.39 is 29.6 Å². The van der Waals surface area contributed by atoms with Gasteiger partial charge in [0.2, 0.25) is 5.91 Å². The quantitative estimate of drug-likeness (QED) is 0.376. The smallest absolute Gasteiger partial charge is 0.408 e. The molecular weight excluding hydrogens is 444 g/mol. The van der Waals surface area contributed by atoms with Crippen LogP contribution in [-0.2, 0) is 25.5 Å². The zero-order chi connectivity index (χ0) is 26.9. The predicted octanol–water partition coefficient (Wildman–Crippen LogP) is 5.56. The second kappa shape index (κ2) is 17.1. The van der Waals surface area contributed by atoms with E-state index in [1.807, 2.05) is 56.3 Å². The van der Waals surface area contributed by atoms with E-state index in [2.05, 4.69) is 31.1 Å². The van der Waals surface area contributed by atoms with Crippen LogP contribution in [0.5, 0.6) is 0 Å². The van der Waals surface area contributed by atoms with Crippen molar-refractivity contribution in [3.05, 3.63) is 60.7 Å². The van der Waals surface area contributed by atoms with Crippen molar-refractivity contribution >= 4 is 28.7 Å². The highest BCUT2D eigenvalue weighted by Crippen LogP contribution is 2.20. The van der Waals surface area contributed by atoms with Gasteiger partial charge >= 0.3 is 12.1 Å². The van der Waals surface area contributed by atoms with Crippen molar-refractivity contribution in [1.29, 1.82) is 0 Å². The molecule has 0 bridgehead atoms. The molecule has 0 aromatic heterocycles. The van der Waals surface area contributed by atoms with Crippen molar-refractivity contribution in [3.63, 3.8) is 0 Å². The Hall–Kier alpha value is -3.35. The minimum atomic E-state index is -0.933. The van der Waals surface area contributed by atoms with Crippen molar-refractivity contribution in [2.75, 3.05) is 13.2 Å². The average Bonchev–Trinajstić information content (AvgIpc) is 2.81. The molecule has 0 radical (unpaired) electrons. The van der Waals surface area contributed by atoms with Gasteiger partial charge in [0.05, 0.1) is 0 Å². The molecular formula is C28H42N2O5. The fourth-order valence-corrected chi connectivity index (χ4v) is 2.83. The molecule has 2 N–H and O–H groups in total. The first-order chi connectivity index (χ1) is 16.6. The maximum Gasteiger partial charge on any atom is 0.408 e. The molecule has 0 aliphatic heterocycles. The summed E-state index contributed by atoms with van der Waals surface area (Å²) < 4.78 is 10.1. The predicted molar refractivity (Wildman–Crippen MR) is 142 cm³/mol. The van der Waals surface area contributed by atoms with Gasteiger partial charge in [0.25, 0.3) is 0 Å². The van der Waals surface area contributed by atoms with Gasteiger partial charge in [-0.25, -0.2) is 4.79 Å². The van der Waals surface area contributed by atoms with Crippen LogP contribution in [0, 0.1) is 0 Å². The summed E-state index contributed by atoms with van der Waals surface area (Å²) in [6.07, 6.45) is 2.21. The number of esters is 1. The summed E-state index contributed by atoms with van der Waals surface area (Å²) >= 11 is 0. The normalized spacial score (nSPS) is 10.9. The number of carbonyl (C=O) groups excluding carboxylic acids is 3. The zero-order valence-corrected chi connectivity index (χ0v) is 22.3. The summed E-state index contributed by atoms with van der Waals surface area (Å²) in [5.41, 5.74) is 0.178. The Kier molecular flexibility index (Phi) is 15.5. The molecule has 2 rings (SSSR count). The maximum atomic E-state index is 12.8. The Morgan fingerprint density at radius 1 is 1.03 bits per heavy atom. The SMILES string of the molecule is C=CCOC(=O)CNC(=O)[C@H](Cc1cccc2ccccc12)NC(=O)OC(C)(C)C.CC.CCC. The molecule has 0 unspecified atom stereocenters. The van der Waals surface area contributed by atoms with E-state index in [1.54, 1.807) is 20.8 Å². The third-order valence-electron chi connectivity index (χ3n) is 4.08. The fraction of sp³-hybridized carbons (Fsp3) is 0.464. The highest BCUT2D eigenvalue weighted by molar-refractivity contribution is 5.90. The molecule has 35 heavy (non-hydrogen) atoms. The topological polar surface area (TPSA) is 93.7 Å². The van der Waals surface area contributed by atoms with E-state index >= 15 is 0 Å². The van der Waals surface area contributed by atoms with E-state index in [0.29, 0.717) is 0 Å². The van der Waals surface area contributed by atoms with Gasteiger partial charge in [0.1, 0.15) is 24.8 Å². The van der Waals surface area contributed by atoms with Crippen LogP contribution in [0.1, 0.15) is 60.5 Å². The zero-order valence-electron chi connectivity index (χ0n) is 22.3. The van der Waals surface area contributed by atoms with Gasteiger partial charge < -0.3 is 20.1 Å². The Labute approximate surface area is 210 Å². The van der Waals surface area contributed by atoms with Crippen LogP contribution >= 0.6 is 0 Å². The van der Waals surface area contributed by atoms with Gasteiger partial charge in [-0.2, -0.15) is 0 Å². The summed E-state index contributed by atoms with van der Waals surface area (Å²) in [6.45, 7) is 16.7. The molecule has 0 heterocycles. The summed E-state index contributed by atoms with van der Waals surface area (Å²) in [4.78, 5) is 36.7. The molecule has 0 saturated carbocycles. The lowest BCUT2D eigenvalue weighted by Crippen LogP contribution is -2.50. The molecule has 2 aromatic carbocycles. The third-order valence-corrected chi connectivity index (χ3v) is 4.08. The van der Waals surface area contributed by atoms with E-state index in [9.17, 15) is 14.4 Å². The first-order valence-electron chi connectivity index (χ1n) is 12.1. The van der Waals surface area contributed by atoms with Crippen molar-refractivity contribution in [1.82, 2.24) is 10.6 Å². The van der Waals surface area contributed by atoms with E-state index in [0.717, 1.165) is 16.3 Å². The Balaban J connectivity index is 0.00000214. The van der Waals surface area contributed by atoms with Crippen LogP contribution in [-0.4, -0.2) is 42.8 Å². The van der Waals surface area contributed by atoms with Gasteiger partial charge in [-0.1, -0.05) is 89.2 Å². The molecule has 1 atom stereocenters. The number of amides is 2. The third kappa shape index (κ3) is 13.2. The fourth-order valence-electron chi connectivity index (χ4n) is 2.83. The number of fused-ring (bicyclic) bond motifs is 1. The van der Waals surface area contributed by atoms with Crippen LogP contribution in [0.3, 0.4) is 0 Å². The van der Waals surface area contributed by atoms with Crippen LogP contribution in [0.25, 0.3) is 10.8 Å². The van der Waals surface area contributed by atoms with Crippen molar-refractivity contribution in [2.45, 2.75) is 73.0 Å². The standard InChI is InChI=1S/C23H28N2O5.C3H8.C2H6/c1-5-13-29-20(26)15-24-21(27)19(25-22(28)30-23(2,3)4)14-17-11-8-10-16-9-6-7-12-18(16)17;1-3-2;1-2/h5-12,19H,1,13-15H2,2-4H3,(H,24,27)(H,25,28);3H2,1-2H3;1-2H3/t19-;;/m0../s1. The summed E-state index contributed by atoms with van der Waals surface area (Å²) in [6, 6.07) is 12.6. The Bertz CT molecular complexity index is 929. The molecule has 0 fully saturated rings. The Morgan fingerprint density at radius 2 is 1.63 bits per heavy atom.